The molecule has 0 radical (unpaired) electrons. The van der Waals surface area contributed by atoms with Gasteiger partial charge in [-0.25, -0.2) is 9.88 Å². The van der Waals surface area contributed by atoms with Crippen LogP contribution in [0.1, 0.15) is 34.8 Å². The number of imidazole rings is 1. The van der Waals surface area contributed by atoms with Gasteiger partial charge in [-0.15, -0.1) is 0 Å². The Hall–Kier alpha value is -3.16. The van der Waals surface area contributed by atoms with Crippen molar-refractivity contribution in [2.45, 2.75) is 18.8 Å². The number of H-pyrrole nitrogens is 2. The molecule has 2 aromatic heterocycles. The van der Waals surface area contributed by atoms with E-state index in [1.807, 2.05) is 0 Å². The van der Waals surface area contributed by atoms with E-state index in [1.165, 1.54) is 11.1 Å². The van der Waals surface area contributed by atoms with Crippen LogP contribution >= 0.6 is 0 Å². The van der Waals surface area contributed by atoms with Crippen LogP contribution in [0.25, 0.3) is 11.0 Å². The minimum atomic E-state index is -0.355. The van der Waals surface area contributed by atoms with Crippen LogP contribution in [-0.2, 0) is 0 Å². The molecule has 1 fully saturated rings. The lowest BCUT2D eigenvalue weighted by Crippen LogP contribution is -2.41. The average molecular weight is 309 g/mol. The second-order valence-corrected chi connectivity index (χ2v) is 5.60. The molecule has 0 aliphatic heterocycles. The molecule has 5 N–H and O–H groups in total. The summed E-state index contributed by atoms with van der Waals surface area (Å²) in [6, 6.07) is 5.25. The second-order valence-electron chi connectivity index (χ2n) is 5.60. The maximum absolute atomic E-state index is 12.9. The zero-order valence-electron chi connectivity index (χ0n) is 12.2. The molecule has 116 valence electrons. The number of hydrogen-bond acceptors (Lipinski definition) is 4. The minimum Gasteiger partial charge on any atom is -0.369 e. The number of nitrogens with one attached hydrogen (secondary N) is 3. The Morgan fingerprint density at radius 2 is 2.22 bits per heavy atom. The average Bonchev–Trinajstić information content (AvgIpc) is 3.08. The van der Waals surface area contributed by atoms with Gasteiger partial charge >= 0.3 is 0 Å². The fraction of sp³-hybridized carbons (Fsp3) is 0.200. The summed E-state index contributed by atoms with van der Waals surface area (Å²) < 4.78 is 0. The Morgan fingerprint density at radius 1 is 1.39 bits per heavy atom. The molecular formula is C15H15N7O. The Kier molecular flexibility index (Phi) is 2.90. The van der Waals surface area contributed by atoms with Gasteiger partial charge in [0.15, 0.2) is 5.96 Å². The molecule has 1 aliphatic rings. The lowest BCUT2D eigenvalue weighted by Gasteiger charge is -2.20. The van der Waals surface area contributed by atoms with E-state index in [0.717, 1.165) is 29.6 Å². The van der Waals surface area contributed by atoms with Crippen molar-refractivity contribution >= 4 is 28.6 Å². The van der Waals surface area contributed by atoms with Gasteiger partial charge in [-0.2, -0.15) is 5.10 Å². The maximum atomic E-state index is 12.9. The standard InChI is InChI=1S/C15H15N7O/c16-15(17)22(9-3-4-11-12(5-9)19-7-18-11)14(23)10-6-20-21-13(10)8-1-2-8/h3-8H,1-2H2,(H3,16,17)(H,18,19)(H,20,21). The molecule has 1 amide bonds. The van der Waals surface area contributed by atoms with Gasteiger partial charge in [0.2, 0.25) is 0 Å². The topological polar surface area (TPSA) is 128 Å². The first kappa shape index (κ1) is 13.5. The predicted molar refractivity (Wildman–Crippen MR) is 85.4 cm³/mol. The predicted octanol–water partition coefficient (Wildman–Crippen LogP) is 1.70. The second kappa shape index (κ2) is 4.94. The first-order chi connectivity index (χ1) is 11.1. The van der Waals surface area contributed by atoms with Crippen molar-refractivity contribution in [2.75, 3.05) is 4.90 Å². The summed E-state index contributed by atoms with van der Waals surface area (Å²) >= 11 is 0. The van der Waals surface area contributed by atoms with Crippen molar-refractivity contribution in [3.63, 3.8) is 0 Å². The molecular weight excluding hydrogens is 294 g/mol. The molecule has 23 heavy (non-hydrogen) atoms. The van der Waals surface area contributed by atoms with Crippen molar-refractivity contribution in [2.24, 2.45) is 5.73 Å². The fourth-order valence-electron chi connectivity index (χ4n) is 2.70. The van der Waals surface area contributed by atoms with E-state index in [0.29, 0.717) is 17.2 Å². The van der Waals surface area contributed by atoms with Crippen LogP contribution in [0, 0.1) is 5.41 Å². The van der Waals surface area contributed by atoms with Gasteiger partial charge in [-0.1, -0.05) is 0 Å². The van der Waals surface area contributed by atoms with Crippen LogP contribution in [0.4, 0.5) is 5.69 Å². The molecule has 1 saturated carbocycles. The minimum absolute atomic E-state index is 0.336. The van der Waals surface area contributed by atoms with E-state index in [2.05, 4.69) is 20.2 Å². The van der Waals surface area contributed by atoms with Crippen LogP contribution in [0.3, 0.4) is 0 Å². The molecule has 0 atom stereocenters. The Bertz CT molecular complexity index is 905. The molecule has 8 heteroatoms. The third-order valence-corrected chi connectivity index (χ3v) is 3.99. The van der Waals surface area contributed by atoms with Gasteiger partial charge in [0, 0.05) is 5.92 Å². The largest absolute Gasteiger partial charge is 0.369 e. The first-order valence-electron chi connectivity index (χ1n) is 7.30. The summed E-state index contributed by atoms with van der Waals surface area (Å²) in [5.74, 6) is -0.343. The summed E-state index contributed by atoms with van der Waals surface area (Å²) in [4.78, 5) is 21.2. The number of amides is 1. The Morgan fingerprint density at radius 3 is 2.96 bits per heavy atom. The lowest BCUT2D eigenvalue weighted by atomic mass is 10.1. The van der Waals surface area contributed by atoms with Crippen molar-refractivity contribution in [1.29, 1.82) is 5.41 Å². The quantitative estimate of drug-likeness (QED) is 0.433. The number of benzene rings is 1. The normalized spacial score (nSPS) is 14.1. The van der Waals surface area contributed by atoms with Crippen molar-refractivity contribution in [3.8, 4) is 0 Å². The third-order valence-electron chi connectivity index (χ3n) is 3.99. The molecule has 2 heterocycles. The summed E-state index contributed by atoms with van der Waals surface area (Å²) in [7, 11) is 0. The van der Waals surface area contributed by atoms with Gasteiger partial charge in [0.25, 0.3) is 5.91 Å². The van der Waals surface area contributed by atoms with Crippen LogP contribution in [0.15, 0.2) is 30.7 Å². The highest BCUT2D eigenvalue weighted by atomic mass is 16.2. The van der Waals surface area contributed by atoms with Gasteiger partial charge in [-0.3, -0.25) is 15.3 Å². The SMILES string of the molecule is N=C(N)N(C(=O)c1cn[nH]c1C1CC1)c1ccc2nc[nH]c2c1. The number of hydrogen-bond donors (Lipinski definition) is 4. The number of rotatable bonds is 3. The van der Waals surface area contributed by atoms with Crippen molar-refractivity contribution < 1.29 is 4.79 Å². The molecule has 0 bridgehead atoms. The molecule has 0 unspecified atom stereocenters. The van der Waals surface area contributed by atoms with E-state index >= 15 is 0 Å². The fourth-order valence-corrected chi connectivity index (χ4v) is 2.70. The smallest absolute Gasteiger partial charge is 0.268 e. The molecule has 8 nitrogen and oxygen atoms in total. The Labute approximate surface area is 131 Å². The number of guanidine groups is 1. The van der Waals surface area contributed by atoms with Crippen LogP contribution in [-0.4, -0.2) is 32.0 Å². The number of fused-ring (bicyclic) bond motifs is 1. The molecule has 1 aliphatic carbocycles. The van der Waals surface area contributed by atoms with E-state index in [9.17, 15) is 4.79 Å². The number of nitrogens with zero attached hydrogens (tertiary/aromatic N) is 3. The van der Waals surface area contributed by atoms with E-state index in [-0.39, 0.29) is 11.9 Å². The van der Waals surface area contributed by atoms with Crippen LogP contribution < -0.4 is 10.6 Å². The van der Waals surface area contributed by atoms with Gasteiger partial charge < -0.3 is 10.7 Å². The number of nitrogens with two attached hydrogens (primary N) is 1. The number of aromatic amines is 2. The molecule has 1 aromatic carbocycles. The number of carbonyl (C=O) groups is 1. The van der Waals surface area contributed by atoms with Gasteiger partial charge in [0.05, 0.1) is 40.5 Å². The maximum Gasteiger partial charge on any atom is 0.268 e. The van der Waals surface area contributed by atoms with Gasteiger partial charge in [-0.05, 0) is 31.0 Å². The lowest BCUT2D eigenvalue weighted by molar-refractivity contribution is 0.100. The van der Waals surface area contributed by atoms with E-state index < -0.39 is 0 Å². The number of carbonyl (C=O) groups excluding carboxylic acids is 1. The summed E-state index contributed by atoms with van der Waals surface area (Å²) in [5.41, 5.74) is 9.03. The molecule has 0 saturated heterocycles. The van der Waals surface area contributed by atoms with Gasteiger partial charge in [0.1, 0.15) is 0 Å². The summed E-state index contributed by atoms with van der Waals surface area (Å²) in [6.45, 7) is 0. The first-order valence-corrected chi connectivity index (χ1v) is 7.30. The highest BCUT2D eigenvalue weighted by Crippen LogP contribution is 2.40. The van der Waals surface area contributed by atoms with E-state index in [4.69, 9.17) is 11.1 Å². The number of aromatic nitrogens is 4. The van der Waals surface area contributed by atoms with E-state index in [1.54, 1.807) is 24.5 Å². The van der Waals surface area contributed by atoms with Crippen LogP contribution in [0.5, 0.6) is 0 Å². The van der Waals surface area contributed by atoms with Crippen molar-refractivity contribution in [1.82, 2.24) is 20.2 Å². The number of anilines is 1. The highest BCUT2D eigenvalue weighted by molar-refractivity contribution is 6.21. The summed E-state index contributed by atoms with van der Waals surface area (Å²) in [6.07, 6.45) is 5.17. The van der Waals surface area contributed by atoms with Crippen LogP contribution in [0.2, 0.25) is 0 Å². The zero-order valence-corrected chi connectivity index (χ0v) is 12.2. The molecule has 3 aromatic rings. The Balaban J connectivity index is 1.76. The molecule has 0 spiro atoms. The van der Waals surface area contributed by atoms with Crippen molar-refractivity contribution in [3.05, 3.63) is 42.0 Å². The molecule has 4 rings (SSSR count). The third kappa shape index (κ3) is 2.24. The monoisotopic (exact) mass is 309 g/mol. The zero-order chi connectivity index (χ0) is 16.0. The highest BCUT2D eigenvalue weighted by Gasteiger charge is 2.32. The summed E-state index contributed by atoms with van der Waals surface area (Å²) in [5, 5.41) is 14.7.